The van der Waals surface area contributed by atoms with Crippen LogP contribution in [0.2, 0.25) is 0 Å². The number of aryl methyl sites for hydroxylation is 1. The molecular weight excluding hydrogens is 265 g/mol. The molecule has 108 valence electrons. The second-order valence-corrected chi connectivity index (χ2v) is 4.83. The molecular formula is C15H17F3N2. The van der Waals surface area contributed by atoms with Crippen LogP contribution in [0.4, 0.5) is 13.2 Å². The maximum atomic E-state index is 12.6. The predicted molar refractivity (Wildman–Crippen MR) is 73.6 cm³/mol. The lowest BCUT2D eigenvalue weighted by molar-refractivity contribution is -0.140. The molecule has 1 atom stereocenters. The second kappa shape index (κ2) is 5.79. The molecule has 0 saturated heterocycles. The third kappa shape index (κ3) is 3.70. The molecule has 0 radical (unpaired) electrons. The summed E-state index contributed by atoms with van der Waals surface area (Å²) >= 11 is 0. The highest BCUT2D eigenvalue weighted by molar-refractivity contribution is 5.79. The van der Waals surface area contributed by atoms with Gasteiger partial charge in [0.15, 0.2) is 0 Å². The number of hydrogen-bond donors (Lipinski definition) is 1. The fourth-order valence-electron chi connectivity index (χ4n) is 2.25. The van der Waals surface area contributed by atoms with Gasteiger partial charge < -0.3 is 5.32 Å². The molecule has 1 heterocycles. The van der Waals surface area contributed by atoms with Crippen LogP contribution in [0.1, 0.15) is 30.6 Å². The molecule has 2 aromatic rings. The average Bonchev–Trinajstić information content (AvgIpc) is 2.36. The van der Waals surface area contributed by atoms with E-state index in [9.17, 15) is 13.2 Å². The first-order valence-electron chi connectivity index (χ1n) is 6.56. The summed E-state index contributed by atoms with van der Waals surface area (Å²) in [5, 5.41) is 3.75. The second-order valence-electron chi connectivity index (χ2n) is 4.83. The zero-order chi connectivity index (χ0) is 14.8. The molecule has 1 aromatic heterocycles. The SMILES string of the molecule is CCNC(CC(F)(F)F)c1ccc2nc(C)ccc2c1. The highest BCUT2D eigenvalue weighted by atomic mass is 19.4. The van der Waals surface area contributed by atoms with Crippen molar-refractivity contribution in [3.63, 3.8) is 0 Å². The fraction of sp³-hybridized carbons (Fsp3) is 0.400. The molecule has 5 heteroatoms. The smallest absolute Gasteiger partial charge is 0.310 e. The van der Waals surface area contributed by atoms with Crippen molar-refractivity contribution < 1.29 is 13.2 Å². The minimum absolute atomic E-state index is 0.491. The van der Waals surface area contributed by atoms with E-state index in [2.05, 4.69) is 10.3 Å². The Kier molecular flexibility index (Phi) is 4.28. The summed E-state index contributed by atoms with van der Waals surface area (Å²) in [5.41, 5.74) is 2.34. The Bertz CT molecular complexity index is 593. The zero-order valence-electron chi connectivity index (χ0n) is 11.5. The Morgan fingerprint density at radius 2 is 1.95 bits per heavy atom. The normalized spacial score (nSPS) is 13.7. The van der Waals surface area contributed by atoms with Gasteiger partial charge >= 0.3 is 6.18 Å². The van der Waals surface area contributed by atoms with Gasteiger partial charge in [0.25, 0.3) is 0 Å². The Balaban J connectivity index is 2.35. The van der Waals surface area contributed by atoms with Gasteiger partial charge in [-0.3, -0.25) is 4.98 Å². The van der Waals surface area contributed by atoms with E-state index in [4.69, 9.17) is 0 Å². The van der Waals surface area contributed by atoms with Gasteiger partial charge in [-0.15, -0.1) is 0 Å². The van der Waals surface area contributed by atoms with Crippen molar-refractivity contribution in [1.29, 1.82) is 0 Å². The maximum absolute atomic E-state index is 12.6. The molecule has 0 aliphatic rings. The van der Waals surface area contributed by atoms with Crippen molar-refractivity contribution in [3.8, 4) is 0 Å². The van der Waals surface area contributed by atoms with Gasteiger partial charge in [-0.2, -0.15) is 13.2 Å². The van der Waals surface area contributed by atoms with Gasteiger partial charge in [-0.1, -0.05) is 19.1 Å². The lowest BCUT2D eigenvalue weighted by Crippen LogP contribution is -2.26. The number of rotatable bonds is 4. The third-order valence-corrected chi connectivity index (χ3v) is 3.14. The molecule has 0 bridgehead atoms. The number of aromatic nitrogens is 1. The molecule has 0 aliphatic carbocycles. The van der Waals surface area contributed by atoms with E-state index in [-0.39, 0.29) is 0 Å². The van der Waals surface area contributed by atoms with E-state index in [0.29, 0.717) is 12.1 Å². The van der Waals surface area contributed by atoms with E-state index in [0.717, 1.165) is 16.6 Å². The predicted octanol–water partition coefficient (Wildman–Crippen LogP) is 4.15. The summed E-state index contributed by atoms with van der Waals surface area (Å²) in [6.45, 7) is 4.18. The van der Waals surface area contributed by atoms with Crippen LogP contribution in [0.5, 0.6) is 0 Å². The van der Waals surface area contributed by atoms with E-state index in [1.807, 2.05) is 19.1 Å². The van der Waals surface area contributed by atoms with Crippen LogP contribution < -0.4 is 5.32 Å². The Hall–Kier alpha value is -1.62. The van der Waals surface area contributed by atoms with Gasteiger partial charge in [-0.05, 0) is 37.2 Å². The van der Waals surface area contributed by atoms with E-state index in [1.165, 1.54) is 0 Å². The number of fused-ring (bicyclic) bond motifs is 1. The maximum Gasteiger partial charge on any atom is 0.390 e. The van der Waals surface area contributed by atoms with Crippen LogP contribution in [0.25, 0.3) is 10.9 Å². The number of benzene rings is 1. The average molecular weight is 282 g/mol. The molecule has 0 saturated carbocycles. The molecule has 1 N–H and O–H groups in total. The standard InChI is InChI=1S/C15H17F3N2/c1-3-19-14(9-15(16,17)18)12-6-7-13-11(8-12)5-4-10(2)20-13/h4-8,14,19H,3,9H2,1-2H3. The number of nitrogens with one attached hydrogen (secondary N) is 1. The summed E-state index contributed by atoms with van der Waals surface area (Å²) in [7, 11) is 0. The van der Waals surface area contributed by atoms with Crippen LogP contribution in [-0.4, -0.2) is 17.7 Å². The van der Waals surface area contributed by atoms with Crippen molar-refractivity contribution in [1.82, 2.24) is 10.3 Å². The number of nitrogens with zero attached hydrogens (tertiary/aromatic N) is 1. The summed E-state index contributed by atoms with van der Waals surface area (Å²) in [6, 6.07) is 8.30. The Labute approximate surface area is 116 Å². The van der Waals surface area contributed by atoms with Crippen LogP contribution in [0.15, 0.2) is 30.3 Å². The van der Waals surface area contributed by atoms with Crippen LogP contribution in [0, 0.1) is 6.92 Å². The fourth-order valence-corrected chi connectivity index (χ4v) is 2.25. The number of halogens is 3. The minimum Gasteiger partial charge on any atom is -0.310 e. The Morgan fingerprint density at radius 3 is 2.60 bits per heavy atom. The molecule has 0 spiro atoms. The minimum atomic E-state index is -4.19. The monoisotopic (exact) mass is 282 g/mol. The van der Waals surface area contributed by atoms with E-state index < -0.39 is 18.6 Å². The highest BCUT2D eigenvalue weighted by Gasteiger charge is 2.32. The summed E-state index contributed by atoms with van der Waals surface area (Å²) in [4.78, 5) is 4.35. The van der Waals surface area contributed by atoms with Crippen molar-refractivity contribution in [2.75, 3.05) is 6.54 Å². The van der Waals surface area contributed by atoms with Gasteiger partial charge in [0, 0.05) is 17.1 Å². The largest absolute Gasteiger partial charge is 0.390 e. The number of alkyl halides is 3. The highest BCUT2D eigenvalue weighted by Crippen LogP contribution is 2.30. The summed E-state index contributed by atoms with van der Waals surface area (Å²) < 4.78 is 37.9. The lowest BCUT2D eigenvalue weighted by Gasteiger charge is -2.20. The van der Waals surface area contributed by atoms with Crippen molar-refractivity contribution in [3.05, 3.63) is 41.6 Å². The van der Waals surface area contributed by atoms with Crippen LogP contribution in [0.3, 0.4) is 0 Å². The first-order valence-corrected chi connectivity index (χ1v) is 6.56. The van der Waals surface area contributed by atoms with Crippen molar-refractivity contribution >= 4 is 10.9 Å². The Morgan fingerprint density at radius 1 is 1.20 bits per heavy atom. The zero-order valence-corrected chi connectivity index (χ0v) is 11.5. The van der Waals surface area contributed by atoms with E-state index >= 15 is 0 Å². The number of hydrogen-bond acceptors (Lipinski definition) is 2. The third-order valence-electron chi connectivity index (χ3n) is 3.14. The van der Waals surface area contributed by atoms with Gasteiger partial charge in [0.2, 0.25) is 0 Å². The van der Waals surface area contributed by atoms with Gasteiger partial charge in [0.1, 0.15) is 0 Å². The topological polar surface area (TPSA) is 24.9 Å². The van der Waals surface area contributed by atoms with Gasteiger partial charge in [0.05, 0.1) is 11.9 Å². The molecule has 0 amide bonds. The molecule has 2 rings (SSSR count). The van der Waals surface area contributed by atoms with Crippen LogP contribution in [-0.2, 0) is 0 Å². The summed E-state index contributed by atoms with van der Waals surface area (Å²) in [6.07, 6.45) is -5.06. The van der Waals surface area contributed by atoms with E-state index in [1.54, 1.807) is 25.1 Å². The molecule has 1 aromatic carbocycles. The van der Waals surface area contributed by atoms with Crippen LogP contribution >= 0.6 is 0 Å². The summed E-state index contributed by atoms with van der Waals surface area (Å²) in [5.74, 6) is 0. The molecule has 0 aliphatic heterocycles. The lowest BCUT2D eigenvalue weighted by atomic mass is 10.0. The molecule has 1 unspecified atom stereocenters. The van der Waals surface area contributed by atoms with Crippen molar-refractivity contribution in [2.45, 2.75) is 32.5 Å². The number of pyridine rings is 1. The van der Waals surface area contributed by atoms with Crippen molar-refractivity contribution in [2.24, 2.45) is 0 Å². The van der Waals surface area contributed by atoms with Gasteiger partial charge in [-0.25, -0.2) is 0 Å². The quantitative estimate of drug-likeness (QED) is 0.911. The first-order chi connectivity index (χ1) is 9.39. The first kappa shape index (κ1) is 14.8. The molecule has 2 nitrogen and oxygen atoms in total. The molecule has 0 fully saturated rings. The molecule has 20 heavy (non-hydrogen) atoms.